The highest BCUT2D eigenvalue weighted by Crippen LogP contribution is 2.14. The standard InChI is InChI=1S/C16H24N4O3/c1-5-12-8-6-7-9-13(12)18-14(21)10-20(4)11(2)15(22)19-16(23)17-3/h6-9,11H,5,10H2,1-4H3,(H,18,21)(H2,17,19,22,23)/p+1/t11-/m0/s1. The summed E-state index contributed by atoms with van der Waals surface area (Å²) in [5.41, 5.74) is 1.85. The van der Waals surface area contributed by atoms with E-state index in [2.05, 4.69) is 16.0 Å². The van der Waals surface area contributed by atoms with E-state index >= 15 is 0 Å². The Bertz CT molecular complexity index is 574. The number of hydrogen-bond acceptors (Lipinski definition) is 3. The second-order valence-corrected chi connectivity index (χ2v) is 5.37. The lowest BCUT2D eigenvalue weighted by atomic mass is 10.1. The molecule has 1 aromatic carbocycles. The molecule has 23 heavy (non-hydrogen) atoms. The van der Waals surface area contributed by atoms with Gasteiger partial charge in [-0.2, -0.15) is 0 Å². The summed E-state index contributed by atoms with van der Waals surface area (Å²) in [5.74, 6) is -0.605. The largest absolute Gasteiger partial charge is 0.341 e. The van der Waals surface area contributed by atoms with Gasteiger partial charge < -0.3 is 15.5 Å². The predicted octanol–water partition coefficient (Wildman–Crippen LogP) is -0.454. The van der Waals surface area contributed by atoms with Gasteiger partial charge in [0.2, 0.25) is 0 Å². The average molecular weight is 321 g/mol. The van der Waals surface area contributed by atoms with Crippen molar-refractivity contribution in [2.45, 2.75) is 26.3 Å². The molecule has 0 aliphatic carbocycles. The Balaban J connectivity index is 2.59. The van der Waals surface area contributed by atoms with Crippen molar-refractivity contribution in [3.63, 3.8) is 0 Å². The minimum absolute atomic E-state index is 0.125. The van der Waals surface area contributed by atoms with E-state index in [-0.39, 0.29) is 12.5 Å². The SMILES string of the molecule is CCc1ccccc1NC(=O)C[NH+](C)[C@@H](C)C(=O)NC(=O)NC. The molecular weight excluding hydrogens is 296 g/mol. The van der Waals surface area contributed by atoms with Crippen molar-refractivity contribution in [1.29, 1.82) is 0 Å². The first kappa shape index (κ1) is 18.6. The molecule has 0 heterocycles. The number of carbonyl (C=O) groups is 3. The van der Waals surface area contributed by atoms with Gasteiger partial charge in [-0.1, -0.05) is 25.1 Å². The van der Waals surface area contributed by atoms with Gasteiger partial charge in [0.05, 0.1) is 7.05 Å². The number of quaternary nitrogens is 1. The number of nitrogens with one attached hydrogen (secondary N) is 4. The van der Waals surface area contributed by atoms with E-state index in [9.17, 15) is 14.4 Å². The predicted molar refractivity (Wildman–Crippen MR) is 88.3 cm³/mol. The van der Waals surface area contributed by atoms with Crippen molar-refractivity contribution in [2.24, 2.45) is 0 Å². The number of aryl methyl sites for hydroxylation is 1. The number of anilines is 1. The fraction of sp³-hybridized carbons (Fsp3) is 0.438. The van der Waals surface area contributed by atoms with Crippen LogP contribution in [0, 0.1) is 0 Å². The molecular formula is C16H25N4O3+. The maximum atomic E-state index is 12.2. The van der Waals surface area contributed by atoms with Crippen LogP contribution in [0.4, 0.5) is 10.5 Å². The summed E-state index contributed by atoms with van der Waals surface area (Å²) in [4.78, 5) is 35.9. The van der Waals surface area contributed by atoms with Crippen molar-refractivity contribution in [1.82, 2.24) is 10.6 Å². The molecule has 0 radical (unpaired) electrons. The van der Waals surface area contributed by atoms with Crippen LogP contribution >= 0.6 is 0 Å². The van der Waals surface area contributed by atoms with E-state index < -0.39 is 18.0 Å². The average Bonchev–Trinajstić information content (AvgIpc) is 2.54. The highest BCUT2D eigenvalue weighted by molar-refractivity contribution is 5.96. The molecule has 7 nitrogen and oxygen atoms in total. The van der Waals surface area contributed by atoms with E-state index in [0.29, 0.717) is 4.90 Å². The smallest absolute Gasteiger partial charge is 0.321 e. The lowest BCUT2D eigenvalue weighted by molar-refractivity contribution is -0.885. The fourth-order valence-electron chi connectivity index (χ4n) is 2.06. The summed E-state index contributed by atoms with van der Waals surface area (Å²) in [6.07, 6.45) is 0.823. The fourth-order valence-corrected chi connectivity index (χ4v) is 2.06. The molecule has 0 bridgehead atoms. The monoisotopic (exact) mass is 321 g/mol. The van der Waals surface area contributed by atoms with E-state index in [4.69, 9.17) is 0 Å². The second-order valence-electron chi connectivity index (χ2n) is 5.37. The first-order valence-electron chi connectivity index (χ1n) is 7.61. The van der Waals surface area contributed by atoms with Gasteiger partial charge in [0.1, 0.15) is 0 Å². The molecule has 0 spiro atoms. The number of urea groups is 1. The Labute approximate surface area is 136 Å². The minimum atomic E-state index is -0.559. The lowest BCUT2D eigenvalue weighted by Gasteiger charge is -2.20. The number of carbonyl (C=O) groups excluding carboxylic acids is 3. The maximum Gasteiger partial charge on any atom is 0.321 e. The number of amides is 4. The van der Waals surface area contributed by atoms with Gasteiger partial charge >= 0.3 is 6.03 Å². The zero-order chi connectivity index (χ0) is 17.4. The molecule has 0 aliphatic heterocycles. The molecule has 4 N–H and O–H groups in total. The van der Waals surface area contributed by atoms with Crippen LogP contribution in [0.2, 0.25) is 0 Å². The quantitative estimate of drug-likeness (QED) is 0.572. The van der Waals surface area contributed by atoms with E-state index in [0.717, 1.165) is 17.7 Å². The van der Waals surface area contributed by atoms with Crippen LogP contribution in [0.5, 0.6) is 0 Å². The molecule has 0 fully saturated rings. The van der Waals surface area contributed by atoms with Crippen molar-refractivity contribution in [3.8, 4) is 0 Å². The van der Waals surface area contributed by atoms with Crippen LogP contribution in [0.3, 0.4) is 0 Å². The third-order valence-electron chi connectivity index (χ3n) is 3.71. The summed E-state index contributed by atoms with van der Waals surface area (Å²) >= 11 is 0. The number of likely N-dealkylation sites (N-methyl/N-ethyl adjacent to an activating group) is 1. The molecule has 1 aromatic rings. The zero-order valence-corrected chi connectivity index (χ0v) is 14.0. The van der Waals surface area contributed by atoms with Gasteiger partial charge in [-0.15, -0.1) is 0 Å². The van der Waals surface area contributed by atoms with Crippen LogP contribution in [0.25, 0.3) is 0 Å². The van der Waals surface area contributed by atoms with E-state index in [1.165, 1.54) is 7.05 Å². The summed E-state index contributed by atoms with van der Waals surface area (Å²) < 4.78 is 0. The zero-order valence-electron chi connectivity index (χ0n) is 14.0. The third kappa shape index (κ3) is 5.71. The van der Waals surface area contributed by atoms with Crippen molar-refractivity contribution < 1.29 is 19.3 Å². The summed E-state index contributed by atoms with van der Waals surface area (Å²) in [6.45, 7) is 3.81. The van der Waals surface area contributed by atoms with Crippen LogP contribution in [-0.2, 0) is 16.0 Å². The Kier molecular flexibility index (Phi) is 7.21. The maximum absolute atomic E-state index is 12.2. The Morgan fingerprint density at radius 2 is 1.87 bits per heavy atom. The summed E-state index contributed by atoms with van der Waals surface area (Å²) in [6, 6.07) is 6.52. The van der Waals surface area contributed by atoms with Crippen LogP contribution < -0.4 is 20.9 Å². The first-order valence-corrected chi connectivity index (χ1v) is 7.61. The van der Waals surface area contributed by atoms with Crippen molar-refractivity contribution in [3.05, 3.63) is 29.8 Å². The third-order valence-corrected chi connectivity index (χ3v) is 3.71. The number of rotatable bonds is 6. The van der Waals surface area contributed by atoms with Crippen molar-refractivity contribution in [2.75, 3.05) is 26.0 Å². The Hall–Kier alpha value is -2.41. The molecule has 1 unspecified atom stereocenters. The molecule has 1 rings (SSSR count). The van der Waals surface area contributed by atoms with Crippen LogP contribution in [-0.4, -0.2) is 44.5 Å². The topological polar surface area (TPSA) is 91.7 Å². The van der Waals surface area contributed by atoms with Gasteiger partial charge in [-0.05, 0) is 25.0 Å². The molecule has 0 aromatic heterocycles. The number of hydrogen-bond donors (Lipinski definition) is 4. The second kappa shape index (κ2) is 8.89. The van der Waals surface area contributed by atoms with E-state index in [1.807, 2.05) is 31.2 Å². The van der Waals surface area contributed by atoms with Gasteiger partial charge in [0.15, 0.2) is 12.6 Å². The van der Waals surface area contributed by atoms with Crippen LogP contribution in [0.15, 0.2) is 24.3 Å². The highest BCUT2D eigenvalue weighted by Gasteiger charge is 2.25. The van der Waals surface area contributed by atoms with Gasteiger partial charge in [0, 0.05) is 12.7 Å². The molecule has 0 saturated heterocycles. The molecule has 2 atom stereocenters. The summed E-state index contributed by atoms with van der Waals surface area (Å²) in [5, 5.41) is 7.39. The van der Waals surface area contributed by atoms with Gasteiger partial charge in [-0.25, -0.2) is 4.79 Å². The number of imide groups is 1. The van der Waals surface area contributed by atoms with Gasteiger partial charge in [0.25, 0.3) is 11.8 Å². The highest BCUT2D eigenvalue weighted by atomic mass is 16.2. The lowest BCUT2D eigenvalue weighted by Crippen LogP contribution is -3.15. The Morgan fingerprint density at radius 3 is 2.48 bits per heavy atom. The Morgan fingerprint density at radius 1 is 1.22 bits per heavy atom. The van der Waals surface area contributed by atoms with Gasteiger partial charge in [-0.3, -0.25) is 14.9 Å². The molecule has 126 valence electrons. The van der Waals surface area contributed by atoms with E-state index in [1.54, 1.807) is 14.0 Å². The summed E-state index contributed by atoms with van der Waals surface area (Å²) in [7, 11) is 3.17. The number of para-hydroxylation sites is 1. The normalized spacial score (nSPS) is 12.9. The molecule has 7 heteroatoms. The molecule has 0 saturated carbocycles. The minimum Gasteiger partial charge on any atom is -0.341 e. The molecule has 4 amide bonds. The van der Waals surface area contributed by atoms with Crippen molar-refractivity contribution >= 4 is 23.5 Å². The van der Waals surface area contributed by atoms with Crippen LogP contribution in [0.1, 0.15) is 19.4 Å². The molecule has 0 aliphatic rings. The number of benzene rings is 1. The first-order chi connectivity index (χ1) is 10.9.